The number of fused-ring (bicyclic) bond motifs is 1. The van der Waals surface area contributed by atoms with Gasteiger partial charge in [0, 0.05) is 17.9 Å². The topological polar surface area (TPSA) is 72.5 Å². The molecule has 0 saturated heterocycles. The van der Waals surface area contributed by atoms with Crippen LogP contribution in [0.4, 0.5) is 0 Å². The van der Waals surface area contributed by atoms with Gasteiger partial charge in [-0.05, 0) is 49.0 Å². The van der Waals surface area contributed by atoms with Gasteiger partial charge in [-0.25, -0.2) is 4.79 Å². The normalized spacial score (nSPS) is 32.2. The van der Waals surface area contributed by atoms with E-state index in [0.717, 1.165) is 31.2 Å². The fourth-order valence-electron chi connectivity index (χ4n) is 5.28. The number of ketones is 1. The molecule has 5 heteroatoms. The lowest BCUT2D eigenvalue weighted by molar-refractivity contribution is -0.151. The number of carbonyl (C=O) groups is 3. The van der Waals surface area contributed by atoms with E-state index in [1.807, 2.05) is 37.3 Å². The Bertz CT molecular complexity index is 861. The Morgan fingerprint density at radius 1 is 1.13 bits per heavy atom. The third-order valence-electron chi connectivity index (χ3n) is 7.27. The summed E-state index contributed by atoms with van der Waals surface area (Å²) in [5, 5.41) is 3.05. The van der Waals surface area contributed by atoms with Gasteiger partial charge in [-0.2, -0.15) is 0 Å². The number of ether oxygens (including phenoxy) is 1. The molecule has 4 rings (SSSR count). The van der Waals surface area contributed by atoms with Gasteiger partial charge in [0.2, 0.25) is 5.91 Å². The molecule has 1 aromatic rings. The Hall–Kier alpha value is -2.43. The lowest BCUT2D eigenvalue weighted by Crippen LogP contribution is -2.48. The molecule has 5 nitrogen and oxygen atoms in total. The first-order chi connectivity index (χ1) is 14.5. The molecular formula is C25H31NO4. The third-order valence-corrected chi connectivity index (χ3v) is 7.27. The summed E-state index contributed by atoms with van der Waals surface area (Å²) < 4.78 is 5.59. The lowest BCUT2D eigenvalue weighted by Gasteiger charge is -2.31. The number of carbonyl (C=O) groups excluding carboxylic acids is 3. The predicted molar refractivity (Wildman–Crippen MR) is 113 cm³/mol. The molecule has 30 heavy (non-hydrogen) atoms. The Balaban J connectivity index is 1.48. The molecule has 0 aliphatic heterocycles. The summed E-state index contributed by atoms with van der Waals surface area (Å²) in [4.78, 5) is 38.6. The summed E-state index contributed by atoms with van der Waals surface area (Å²) in [6.45, 7) is 4.32. The molecule has 1 aromatic carbocycles. The second-order valence-corrected chi connectivity index (χ2v) is 9.04. The SMILES string of the molecule is CC[C@H]1C=C(C(=O)N[C@@]2(C(=O)OCc3ccccc3)C[C@@H]2CC)[C@H]2CCC(=O)[C@H]2C1. The molecule has 1 amide bonds. The van der Waals surface area contributed by atoms with E-state index in [9.17, 15) is 14.4 Å². The molecular weight excluding hydrogens is 378 g/mol. The van der Waals surface area contributed by atoms with Gasteiger partial charge < -0.3 is 10.1 Å². The molecule has 3 aliphatic carbocycles. The first-order valence-corrected chi connectivity index (χ1v) is 11.3. The van der Waals surface area contributed by atoms with E-state index in [0.29, 0.717) is 18.4 Å². The first kappa shape index (κ1) is 20.8. The molecule has 0 radical (unpaired) electrons. The number of esters is 1. The number of benzene rings is 1. The van der Waals surface area contributed by atoms with Gasteiger partial charge in [0.25, 0.3) is 0 Å². The summed E-state index contributed by atoms with van der Waals surface area (Å²) in [5.41, 5.74) is 0.702. The van der Waals surface area contributed by atoms with Crippen molar-refractivity contribution in [1.29, 1.82) is 0 Å². The van der Waals surface area contributed by atoms with Crippen molar-refractivity contribution in [3.05, 3.63) is 47.5 Å². The predicted octanol–water partition coefficient (Wildman–Crippen LogP) is 3.97. The smallest absolute Gasteiger partial charge is 0.332 e. The number of amides is 1. The maximum Gasteiger partial charge on any atom is 0.332 e. The molecule has 0 spiro atoms. The van der Waals surface area contributed by atoms with E-state index < -0.39 is 5.54 Å². The quantitative estimate of drug-likeness (QED) is 0.692. The van der Waals surface area contributed by atoms with Crippen LogP contribution in [-0.4, -0.2) is 23.2 Å². The molecule has 1 N–H and O–H groups in total. The molecule has 0 bridgehead atoms. The molecule has 3 aliphatic rings. The summed E-state index contributed by atoms with van der Waals surface area (Å²) >= 11 is 0. The highest BCUT2D eigenvalue weighted by molar-refractivity contribution is 6.01. The number of hydrogen-bond acceptors (Lipinski definition) is 4. The van der Waals surface area contributed by atoms with Gasteiger partial charge in [-0.15, -0.1) is 0 Å². The Labute approximate surface area is 178 Å². The van der Waals surface area contributed by atoms with E-state index in [4.69, 9.17) is 4.74 Å². The monoisotopic (exact) mass is 409 g/mol. The van der Waals surface area contributed by atoms with Crippen molar-refractivity contribution >= 4 is 17.7 Å². The summed E-state index contributed by atoms with van der Waals surface area (Å²) in [6.07, 6.45) is 6.53. The van der Waals surface area contributed by atoms with Crippen molar-refractivity contribution in [3.63, 3.8) is 0 Å². The number of Topliss-reactive ketones (excluding diaryl/α,β-unsaturated/α-hetero) is 1. The molecule has 2 fully saturated rings. The van der Waals surface area contributed by atoms with Crippen LogP contribution in [-0.2, 0) is 25.7 Å². The highest BCUT2D eigenvalue weighted by Gasteiger charge is 2.62. The van der Waals surface area contributed by atoms with Crippen LogP contribution in [0.5, 0.6) is 0 Å². The van der Waals surface area contributed by atoms with Crippen molar-refractivity contribution in [1.82, 2.24) is 5.32 Å². The first-order valence-electron chi connectivity index (χ1n) is 11.3. The van der Waals surface area contributed by atoms with Crippen molar-refractivity contribution in [2.45, 2.75) is 64.5 Å². The van der Waals surface area contributed by atoms with E-state index >= 15 is 0 Å². The zero-order valence-electron chi connectivity index (χ0n) is 17.9. The average Bonchev–Trinajstić information content (AvgIpc) is 3.37. The average molecular weight is 410 g/mol. The van der Waals surface area contributed by atoms with Crippen LogP contribution in [0.3, 0.4) is 0 Å². The summed E-state index contributed by atoms with van der Waals surface area (Å²) in [5.74, 6) is 0.0404. The Morgan fingerprint density at radius 3 is 2.57 bits per heavy atom. The van der Waals surface area contributed by atoms with E-state index in [-0.39, 0.29) is 47.9 Å². The van der Waals surface area contributed by atoms with Crippen LogP contribution in [0, 0.1) is 23.7 Å². The van der Waals surface area contributed by atoms with Crippen LogP contribution in [0.25, 0.3) is 0 Å². The van der Waals surface area contributed by atoms with Crippen molar-refractivity contribution in [2.75, 3.05) is 0 Å². The standard InChI is InChI=1S/C25H31NO4/c1-3-16-12-20-19(10-11-22(20)27)21(13-16)23(28)26-25(14-18(25)4-2)24(29)30-15-17-8-6-5-7-9-17/h5-9,13,16,18-20H,3-4,10-12,14-15H2,1-2H3,(H,26,28)/t16-,18+,19+,20+,25+/m1/s1. The summed E-state index contributed by atoms with van der Waals surface area (Å²) in [6, 6.07) is 9.57. The van der Waals surface area contributed by atoms with Gasteiger partial charge in [0.15, 0.2) is 0 Å². The van der Waals surface area contributed by atoms with E-state index in [1.54, 1.807) is 0 Å². The minimum absolute atomic E-state index is 0.00323. The number of rotatable bonds is 7. The second-order valence-electron chi connectivity index (χ2n) is 9.04. The number of allylic oxidation sites excluding steroid dienone is 1. The molecule has 5 atom stereocenters. The Kier molecular flexibility index (Phi) is 5.81. The zero-order valence-corrected chi connectivity index (χ0v) is 17.9. The van der Waals surface area contributed by atoms with Gasteiger partial charge in [-0.3, -0.25) is 9.59 Å². The van der Waals surface area contributed by atoms with Crippen LogP contribution in [0.1, 0.15) is 57.9 Å². The largest absolute Gasteiger partial charge is 0.459 e. The highest BCUT2D eigenvalue weighted by atomic mass is 16.5. The Morgan fingerprint density at radius 2 is 1.90 bits per heavy atom. The third kappa shape index (κ3) is 3.82. The van der Waals surface area contributed by atoms with Gasteiger partial charge in [0.05, 0.1) is 0 Å². The molecule has 2 saturated carbocycles. The van der Waals surface area contributed by atoms with Crippen LogP contribution in [0.15, 0.2) is 42.0 Å². The van der Waals surface area contributed by atoms with Crippen LogP contribution < -0.4 is 5.32 Å². The van der Waals surface area contributed by atoms with Crippen molar-refractivity contribution < 1.29 is 19.1 Å². The minimum Gasteiger partial charge on any atom is -0.459 e. The van der Waals surface area contributed by atoms with E-state index in [2.05, 4.69) is 18.3 Å². The molecule has 0 heterocycles. The van der Waals surface area contributed by atoms with Crippen molar-refractivity contribution in [3.8, 4) is 0 Å². The number of nitrogens with one attached hydrogen (secondary N) is 1. The molecule has 0 unspecified atom stereocenters. The lowest BCUT2D eigenvalue weighted by atomic mass is 9.74. The van der Waals surface area contributed by atoms with Gasteiger partial charge in [-0.1, -0.05) is 56.7 Å². The second kappa shape index (κ2) is 8.37. The van der Waals surface area contributed by atoms with E-state index in [1.165, 1.54) is 0 Å². The molecule has 0 aromatic heterocycles. The highest BCUT2D eigenvalue weighted by Crippen LogP contribution is 2.48. The van der Waals surface area contributed by atoms with Gasteiger partial charge >= 0.3 is 5.97 Å². The van der Waals surface area contributed by atoms with Crippen LogP contribution >= 0.6 is 0 Å². The van der Waals surface area contributed by atoms with Crippen LogP contribution in [0.2, 0.25) is 0 Å². The maximum atomic E-state index is 13.3. The fourth-order valence-corrected chi connectivity index (χ4v) is 5.28. The minimum atomic E-state index is -0.932. The maximum absolute atomic E-state index is 13.3. The van der Waals surface area contributed by atoms with Gasteiger partial charge in [0.1, 0.15) is 17.9 Å². The molecule has 160 valence electrons. The fraction of sp³-hybridized carbons (Fsp3) is 0.560. The summed E-state index contributed by atoms with van der Waals surface area (Å²) in [7, 11) is 0. The number of hydrogen-bond donors (Lipinski definition) is 1. The zero-order chi connectivity index (χ0) is 21.3. The van der Waals surface area contributed by atoms with Crippen molar-refractivity contribution in [2.24, 2.45) is 23.7 Å².